The molecule has 0 bridgehead atoms. The highest BCUT2D eigenvalue weighted by Gasteiger charge is 2.10. The molecule has 0 aromatic heterocycles. The normalized spacial score (nSPS) is 14.6. The highest BCUT2D eigenvalue weighted by Crippen LogP contribution is 2.10. The van der Waals surface area contributed by atoms with Gasteiger partial charge < -0.3 is 5.73 Å². The number of primary amides is 1. The summed E-state index contributed by atoms with van der Waals surface area (Å²) in [5, 5.41) is 3.84. The lowest BCUT2D eigenvalue weighted by atomic mass is 9.94. The van der Waals surface area contributed by atoms with Crippen LogP contribution in [0.1, 0.15) is 27.7 Å². The zero-order chi connectivity index (χ0) is 9.72. The number of nitrogens with two attached hydrogens (primary N) is 1. The van der Waals surface area contributed by atoms with Gasteiger partial charge in [-0.25, -0.2) is 10.2 Å². The van der Waals surface area contributed by atoms with E-state index >= 15 is 0 Å². The lowest BCUT2D eigenvalue weighted by Crippen LogP contribution is -2.27. The molecule has 70 valence electrons. The number of nitrogens with zero attached hydrogens (tertiary/aromatic N) is 1. The Hall–Kier alpha value is -1.06. The Labute approximate surface area is 73.2 Å². The molecule has 4 heteroatoms. The second-order valence-corrected chi connectivity index (χ2v) is 3.26. The van der Waals surface area contributed by atoms with Gasteiger partial charge in [0.1, 0.15) is 0 Å². The highest BCUT2D eigenvalue weighted by atomic mass is 16.2. The van der Waals surface area contributed by atoms with E-state index in [-0.39, 0.29) is 0 Å². The summed E-state index contributed by atoms with van der Waals surface area (Å²) in [5.74, 6) is 0.875. The van der Waals surface area contributed by atoms with Gasteiger partial charge in [0.25, 0.3) is 0 Å². The summed E-state index contributed by atoms with van der Waals surface area (Å²) >= 11 is 0. The predicted octanol–water partition coefficient (Wildman–Crippen LogP) is 1.32. The average Bonchev–Trinajstić information content (AvgIpc) is 1.98. The minimum absolute atomic E-state index is 0.358. The summed E-state index contributed by atoms with van der Waals surface area (Å²) in [6.45, 7) is 8.15. The summed E-state index contributed by atoms with van der Waals surface area (Å²) < 4.78 is 0. The summed E-state index contributed by atoms with van der Waals surface area (Å²) in [6.07, 6.45) is 0. The number of hydrogen-bond acceptors (Lipinski definition) is 2. The summed E-state index contributed by atoms with van der Waals surface area (Å²) in [4.78, 5) is 10.3. The van der Waals surface area contributed by atoms with Crippen LogP contribution in [0.2, 0.25) is 0 Å². The maximum Gasteiger partial charge on any atom is 0.332 e. The van der Waals surface area contributed by atoms with E-state index < -0.39 is 6.03 Å². The molecule has 0 fully saturated rings. The first-order valence-corrected chi connectivity index (χ1v) is 4.04. The van der Waals surface area contributed by atoms with E-state index in [4.69, 9.17) is 5.73 Å². The molecule has 0 saturated carbocycles. The Balaban J connectivity index is 4.08. The fraction of sp³-hybridized carbons (Fsp3) is 0.750. The molecule has 0 aliphatic heterocycles. The zero-order valence-corrected chi connectivity index (χ0v) is 8.09. The maximum atomic E-state index is 10.3. The second kappa shape index (κ2) is 4.74. The predicted molar refractivity (Wildman–Crippen MR) is 49.8 cm³/mol. The van der Waals surface area contributed by atoms with Crippen molar-refractivity contribution in [1.82, 2.24) is 5.43 Å². The van der Waals surface area contributed by atoms with E-state index in [1.165, 1.54) is 0 Å². The molecular weight excluding hydrogens is 154 g/mol. The first-order valence-electron chi connectivity index (χ1n) is 4.04. The molecule has 0 aromatic rings. The van der Waals surface area contributed by atoms with Crippen molar-refractivity contribution in [2.75, 3.05) is 0 Å². The quantitative estimate of drug-likeness (QED) is 0.488. The Kier molecular flexibility index (Phi) is 4.33. The van der Waals surface area contributed by atoms with Crippen molar-refractivity contribution >= 4 is 11.7 Å². The Morgan fingerprint density at radius 2 is 1.92 bits per heavy atom. The topological polar surface area (TPSA) is 67.5 Å². The lowest BCUT2D eigenvalue weighted by molar-refractivity contribution is 0.249. The monoisotopic (exact) mass is 171 g/mol. The van der Waals surface area contributed by atoms with Crippen LogP contribution in [0.3, 0.4) is 0 Å². The molecule has 4 nitrogen and oxygen atoms in total. The zero-order valence-electron chi connectivity index (χ0n) is 8.09. The van der Waals surface area contributed by atoms with Gasteiger partial charge in [0.05, 0.1) is 0 Å². The molecule has 1 unspecified atom stereocenters. The largest absolute Gasteiger partial charge is 0.350 e. The van der Waals surface area contributed by atoms with Gasteiger partial charge >= 0.3 is 6.03 Å². The molecule has 0 aliphatic rings. The molecule has 3 N–H and O–H groups in total. The van der Waals surface area contributed by atoms with Gasteiger partial charge in [-0.05, 0) is 18.8 Å². The van der Waals surface area contributed by atoms with Gasteiger partial charge in [0.15, 0.2) is 0 Å². The van der Waals surface area contributed by atoms with Gasteiger partial charge in [-0.3, -0.25) is 0 Å². The van der Waals surface area contributed by atoms with E-state index in [1.54, 1.807) is 0 Å². The van der Waals surface area contributed by atoms with Crippen LogP contribution in [0.25, 0.3) is 0 Å². The first-order chi connectivity index (χ1) is 5.45. The fourth-order valence-corrected chi connectivity index (χ4v) is 0.727. The number of nitrogens with one attached hydrogen (secondary N) is 1. The lowest BCUT2D eigenvalue weighted by Gasteiger charge is -2.14. The third kappa shape index (κ3) is 3.95. The fourth-order valence-electron chi connectivity index (χ4n) is 0.727. The standard InChI is InChI=1S/C8H17N3O/c1-5(2)6(3)7(4)10-11-8(9)12/h5-6H,1-4H3,(H3,9,11,12)/b10-7+. The molecule has 1 atom stereocenters. The van der Waals surface area contributed by atoms with Crippen molar-refractivity contribution in [3.8, 4) is 0 Å². The molecule has 0 aliphatic carbocycles. The minimum Gasteiger partial charge on any atom is -0.350 e. The van der Waals surface area contributed by atoms with Crippen LogP contribution in [0.4, 0.5) is 4.79 Å². The SMILES string of the molecule is C/C(=N\NC(N)=O)C(C)C(C)C. The van der Waals surface area contributed by atoms with E-state index in [9.17, 15) is 4.79 Å². The third-order valence-corrected chi connectivity index (χ3v) is 2.00. The molecule has 0 aromatic carbocycles. The molecule has 0 rings (SSSR count). The van der Waals surface area contributed by atoms with Crippen LogP contribution in [-0.2, 0) is 0 Å². The molecule has 0 heterocycles. The van der Waals surface area contributed by atoms with Crippen LogP contribution < -0.4 is 11.2 Å². The van der Waals surface area contributed by atoms with Crippen LogP contribution in [0.5, 0.6) is 0 Å². The van der Waals surface area contributed by atoms with Crippen molar-refractivity contribution in [2.45, 2.75) is 27.7 Å². The van der Waals surface area contributed by atoms with Crippen LogP contribution >= 0.6 is 0 Å². The number of carbonyl (C=O) groups excluding carboxylic acids is 1. The smallest absolute Gasteiger partial charge is 0.332 e. The van der Waals surface area contributed by atoms with Gasteiger partial charge in [-0.15, -0.1) is 0 Å². The highest BCUT2D eigenvalue weighted by molar-refractivity contribution is 5.85. The van der Waals surface area contributed by atoms with E-state index in [0.717, 1.165) is 5.71 Å². The van der Waals surface area contributed by atoms with E-state index in [2.05, 4.69) is 31.3 Å². The van der Waals surface area contributed by atoms with Crippen molar-refractivity contribution in [3.05, 3.63) is 0 Å². The van der Waals surface area contributed by atoms with Gasteiger partial charge in [-0.1, -0.05) is 20.8 Å². The van der Waals surface area contributed by atoms with Crippen molar-refractivity contribution in [2.24, 2.45) is 22.7 Å². The third-order valence-electron chi connectivity index (χ3n) is 2.00. The number of carbonyl (C=O) groups is 1. The summed E-state index contributed by atoms with van der Waals surface area (Å²) in [5.41, 5.74) is 7.96. The molecule has 12 heavy (non-hydrogen) atoms. The van der Waals surface area contributed by atoms with Crippen molar-refractivity contribution in [3.63, 3.8) is 0 Å². The molecular formula is C8H17N3O. The number of hydrogen-bond donors (Lipinski definition) is 2. The Morgan fingerprint density at radius 1 is 1.42 bits per heavy atom. The van der Waals surface area contributed by atoms with Crippen molar-refractivity contribution < 1.29 is 4.79 Å². The molecule has 0 saturated heterocycles. The first kappa shape index (κ1) is 10.9. The molecule has 2 amide bonds. The Bertz CT molecular complexity index is 187. The number of amides is 2. The summed E-state index contributed by atoms with van der Waals surface area (Å²) in [6, 6.07) is -0.620. The van der Waals surface area contributed by atoms with Crippen LogP contribution in [0.15, 0.2) is 5.10 Å². The van der Waals surface area contributed by atoms with E-state index in [0.29, 0.717) is 11.8 Å². The van der Waals surface area contributed by atoms with E-state index in [1.807, 2.05) is 6.92 Å². The minimum atomic E-state index is -0.620. The Morgan fingerprint density at radius 3 is 2.25 bits per heavy atom. The summed E-state index contributed by atoms with van der Waals surface area (Å²) in [7, 11) is 0. The van der Waals surface area contributed by atoms with Crippen LogP contribution in [-0.4, -0.2) is 11.7 Å². The second-order valence-electron chi connectivity index (χ2n) is 3.26. The number of urea groups is 1. The van der Waals surface area contributed by atoms with Crippen LogP contribution in [0, 0.1) is 11.8 Å². The molecule has 0 radical (unpaired) electrons. The number of hydrazone groups is 1. The number of rotatable bonds is 3. The van der Waals surface area contributed by atoms with Gasteiger partial charge in [0, 0.05) is 5.71 Å². The molecule has 0 spiro atoms. The van der Waals surface area contributed by atoms with Crippen molar-refractivity contribution in [1.29, 1.82) is 0 Å². The van der Waals surface area contributed by atoms with Gasteiger partial charge in [0.2, 0.25) is 0 Å². The van der Waals surface area contributed by atoms with Gasteiger partial charge in [-0.2, -0.15) is 5.10 Å². The maximum absolute atomic E-state index is 10.3. The average molecular weight is 171 g/mol.